The molecule has 3 heterocycles. The first kappa shape index (κ1) is 23.5. The molecular weight excluding hydrogens is 525 g/mol. The van der Waals surface area contributed by atoms with Gasteiger partial charge in [-0.25, -0.2) is 4.39 Å². The van der Waals surface area contributed by atoms with Crippen LogP contribution in [0.2, 0.25) is 10.0 Å². The first-order chi connectivity index (χ1) is 16.9. The number of alkyl halides is 3. The van der Waals surface area contributed by atoms with E-state index in [0.29, 0.717) is 24.2 Å². The van der Waals surface area contributed by atoms with Gasteiger partial charge in [0.1, 0.15) is 5.54 Å². The average Bonchev–Trinajstić information content (AvgIpc) is 3.47. The van der Waals surface area contributed by atoms with E-state index in [9.17, 15) is 27.2 Å². The number of carbonyl (C=O) groups is 2. The summed E-state index contributed by atoms with van der Waals surface area (Å²) in [5.41, 5.74) is -2.88. The molecule has 0 aromatic heterocycles. The summed E-state index contributed by atoms with van der Waals surface area (Å²) in [4.78, 5) is 31.8. The van der Waals surface area contributed by atoms with Crippen LogP contribution in [-0.2, 0) is 20.8 Å². The van der Waals surface area contributed by atoms with Crippen LogP contribution >= 0.6 is 23.2 Å². The van der Waals surface area contributed by atoms with Gasteiger partial charge < -0.3 is 15.1 Å². The zero-order valence-corrected chi connectivity index (χ0v) is 19.9. The minimum absolute atomic E-state index is 0.0420. The van der Waals surface area contributed by atoms with Crippen LogP contribution in [0.25, 0.3) is 0 Å². The Morgan fingerprint density at radius 1 is 1.14 bits per heavy atom. The highest BCUT2D eigenvalue weighted by Gasteiger charge is 2.63. The smallest absolute Gasteiger partial charge is 0.374 e. The van der Waals surface area contributed by atoms with E-state index < -0.39 is 45.2 Å². The molecule has 12 heteroatoms. The van der Waals surface area contributed by atoms with E-state index in [1.165, 1.54) is 6.07 Å². The molecule has 3 aliphatic heterocycles. The van der Waals surface area contributed by atoms with Gasteiger partial charge in [-0.15, -0.1) is 0 Å². The third-order valence-corrected chi connectivity index (χ3v) is 7.81. The van der Waals surface area contributed by atoms with Gasteiger partial charge in [-0.2, -0.15) is 13.2 Å². The highest BCUT2D eigenvalue weighted by molar-refractivity contribution is 6.35. The Morgan fingerprint density at radius 3 is 2.42 bits per heavy atom. The molecule has 1 saturated heterocycles. The Labute approximate surface area is 212 Å². The second-order valence-corrected chi connectivity index (χ2v) is 10.5. The van der Waals surface area contributed by atoms with E-state index in [4.69, 9.17) is 28.0 Å². The van der Waals surface area contributed by atoms with E-state index in [1.807, 2.05) is 0 Å². The van der Waals surface area contributed by atoms with E-state index in [-0.39, 0.29) is 29.0 Å². The Morgan fingerprint density at radius 2 is 1.81 bits per heavy atom. The number of nitrogens with zero attached hydrogens (tertiary/aromatic N) is 2. The summed E-state index contributed by atoms with van der Waals surface area (Å²) in [5, 5.41) is 5.48. The summed E-state index contributed by atoms with van der Waals surface area (Å²) < 4.78 is 56.7. The van der Waals surface area contributed by atoms with Crippen LogP contribution in [0.5, 0.6) is 0 Å². The Kier molecular flexibility index (Phi) is 4.96. The number of amides is 2. The number of fused-ring (bicyclic) bond motifs is 2. The van der Waals surface area contributed by atoms with Gasteiger partial charge in [0.15, 0.2) is 5.82 Å². The van der Waals surface area contributed by atoms with E-state index in [1.54, 1.807) is 17.0 Å². The van der Waals surface area contributed by atoms with Crippen molar-refractivity contribution in [1.29, 1.82) is 0 Å². The number of halogens is 6. The molecular formula is C24H17Cl2F4N3O3. The molecule has 188 valence electrons. The lowest BCUT2D eigenvalue weighted by Gasteiger charge is -2.48. The van der Waals surface area contributed by atoms with Crippen molar-refractivity contribution >= 4 is 40.7 Å². The third-order valence-electron chi connectivity index (χ3n) is 7.26. The SMILES string of the molecule is O=C1NC2(CN(C(=O)C3CC3)C2)c2ccc(C3=NOC(c4cc(Cl)c(F)c(Cl)c4)(C(F)(F)F)C3)cc21. The van der Waals surface area contributed by atoms with Crippen LogP contribution in [0.3, 0.4) is 0 Å². The molecule has 2 aromatic carbocycles. The molecule has 1 unspecified atom stereocenters. The van der Waals surface area contributed by atoms with Crippen LogP contribution in [-0.4, -0.2) is 41.7 Å². The molecule has 0 radical (unpaired) electrons. The topological polar surface area (TPSA) is 71.0 Å². The number of hydrogen-bond donors (Lipinski definition) is 1. The van der Waals surface area contributed by atoms with Crippen molar-refractivity contribution in [3.05, 3.63) is 68.4 Å². The normalized spacial score (nSPS) is 24.2. The number of likely N-dealkylation sites (tertiary alicyclic amines) is 1. The highest BCUT2D eigenvalue weighted by Crippen LogP contribution is 2.50. The fraction of sp³-hybridized carbons (Fsp3) is 0.375. The second-order valence-electron chi connectivity index (χ2n) is 9.65. The zero-order valence-electron chi connectivity index (χ0n) is 18.4. The predicted molar refractivity (Wildman–Crippen MR) is 121 cm³/mol. The fourth-order valence-electron chi connectivity index (χ4n) is 5.13. The van der Waals surface area contributed by atoms with Gasteiger partial charge in [-0.3, -0.25) is 9.59 Å². The van der Waals surface area contributed by atoms with E-state index in [2.05, 4.69) is 10.5 Å². The van der Waals surface area contributed by atoms with Crippen LogP contribution in [0.4, 0.5) is 17.6 Å². The zero-order chi connectivity index (χ0) is 25.6. The predicted octanol–water partition coefficient (Wildman–Crippen LogP) is 4.91. The van der Waals surface area contributed by atoms with Crippen LogP contribution < -0.4 is 5.32 Å². The molecule has 6 rings (SSSR count). The third kappa shape index (κ3) is 3.33. The van der Waals surface area contributed by atoms with Crippen molar-refractivity contribution in [3.8, 4) is 0 Å². The Bertz CT molecular complexity index is 1350. The van der Waals surface area contributed by atoms with Gasteiger partial charge in [-0.05, 0) is 36.6 Å². The molecule has 1 atom stereocenters. The molecule has 1 spiro atoms. The average molecular weight is 542 g/mol. The fourth-order valence-corrected chi connectivity index (χ4v) is 5.61. The van der Waals surface area contributed by atoms with Crippen LogP contribution in [0.1, 0.15) is 46.3 Å². The largest absolute Gasteiger partial charge is 0.435 e. The molecule has 4 aliphatic rings. The van der Waals surface area contributed by atoms with E-state index in [0.717, 1.165) is 25.0 Å². The number of rotatable bonds is 3. The van der Waals surface area contributed by atoms with E-state index >= 15 is 0 Å². The summed E-state index contributed by atoms with van der Waals surface area (Å²) in [5.74, 6) is -1.25. The lowest BCUT2D eigenvalue weighted by atomic mass is 9.81. The molecule has 1 saturated carbocycles. The summed E-state index contributed by atoms with van der Waals surface area (Å²) in [7, 11) is 0. The Balaban J connectivity index is 1.29. The summed E-state index contributed by atoms with van der Waals surface area (Å²) >= 11 is 11.5. The first-order valence-electron chi connectivity index (χ1n) is 11.2. The standard InChI is InChI=1S/C24H17Cl2F4N3O3/c25-16-6-13(7-17(26)19(16)27)23(24(28,29)30)8-18(32-36-23)12-3-4-15-14(5-12)20(34)31-22(15)9-33(10-22)21(35)11-1-2-11/h3-7,11H,1-2,8-10H2,(H,31,34). The van der Waals surface area contributed by atoms with Crippen LogP contribution in [0, 0.1) is 11.7 Å². The molecule has 1 N–H and O–H groups in total. The first-order valence-corrected chi connectivity index (χ1v) is 11.9. The van der Waals surface area contributed by atoms with Gasteiger partial charge in [0.25, 0.3) is 11.5 Å². The number of hydrogen-bond acceptors (Lipinski definition) is 4. The maximum Gasteiger partial charge on any atom is 0.435 e. The van der Waals surface area contributed by atoms with Gasteiger partial charge in [-0.1, -0.05) is 40.5 Å². The van der Waals surface area contributed by atoms with Gasteiger partial charge >= 0.3 is 6.18 Å². The number of benzene rings is 2. The lowest BCUT2D eigenvalue weighted by Crippen LogP contribution is -2.66. The van der Waals surface area contributed by atoms with Crippen molar-refractivity contribution in [1.82, 2.24) is 10.2 Å². The monoisotopic (exact) mass is 541 g/mol. The van der Waals surface area contributed by atoms with Gasteiger partial charge in [0, 0.05) is 42.1 Å². The molecule has 1 aliphatic carbocycles. The molecule has 2 aromatic rings. The van der Waals surface area contributed by atoms with Crippen molar-refractivity contribution in [3.63, 3.8) is 0 Å². The lowest BCUT2D eigenvalue weighted by molar-refractivity contribution is -0.275. The number of carbonyl (C=O) groups excluding carboxylic acids is 2. The molecule has 6 nitrogen and oxygen atoms in total. The minimum atomic E-state index is -4.94. The molecule has 2 fully saturated rings. The van der Waals surface area contributed by atoms with Crippen molar-refractivity contribution in [2.75, 3.05) is 13.1 Å². The quantitative estimate of drug-likeness (QED) is 0.443. The summed E-state index contributed by atoms with van der Waals surface area (Å²) in [6.45, 7) is 0.710. The van der Waals surface area contributed by atoms with Crippen molar-refractivity contribution in [2.24, 2.45) is 11.1 Å². The minimum Gasteiger partial charge on any atom is -0.374 e. The van der Waals surface area contributed by atoms with Crippen molar-refractivity contribution < 1.29 is 32.0 Å². The molecule has 2 amide bonds. The Hall–Kier alpha value is -2.85. The van der Waals surface area contributed by atoms with Gasteiger partial charge in [0.2, 0.25) is 5.91 Å². The maximum atomic E-state index is 14.3. The van der Waals surface area contributed by atoms with Gasteiger partial charge in [0.05, 0.1) is 15.8 Å². The highest BCUT2D eigenvalue weighted by atomic mass is 35.5. The molecule has 36 heavy (non-hydrogen) atoms. The summed E-state index contributed by atoms with van der Waals surface area (Å²) in [6.07, 6.45) is -3.91. The summed E-state index contributed by atoms with van der Waals surface area (Å²) in [6, 6.07) is 6.36. The molecule has 0 bridgehead atoms. The second kappa shape index (κ2) is 7.58. The maximum absolute atomic E-state index is 14.3. The number of nitrogens with one attached hydrogen (secondary N) is 1. The van der Waals surface area contributed by atoms with Crippen LogP contribution in [0.15, 0.2) is 35.5 Å². The van der Waals surface area contributed by atoms with Crippen molar-refractivity contribution in [2.45, 2.75) is 36.6 Å². The number of oxime groups is 1.